The smallest absolute Gasteiger partial charge is 0.329 e. The monoisotopic (exact) mass is 372 g/mol. The van der Waals surface area contributed by atoms with E-state index in [0.29, 0.717) is 29.4 Å². The molecule has 0 heterocycles. The topological polar surface area (TPSA) is 63.6 Å². The van der Waals surface area contributed by atoms with Crippen LogP contribution in [-0.2, 0) is 14.3 Å². The van der Waals surface area contributed by atoms with Gasteiger partial charge in [0.1, 0.15) is 6.61 Å². The molecule has 4 nitrogen and oxygen atoms in total. The van der Waals surface area contributed by atoms with E-state index in [1.165, 1.54) is 12.8 Å². The SMILES string of the molecule is CC1(C2CCCC2)CC=C2CC(OCC(=O)O)C(Cl)C(Cl)=C2C1=O. The van der Waals surface area contributed by atoms with Crippen LogP contribution in [0, 0.1) is 11.3 Å². The van der Waals surface area contributed by atoms with E-state index in [1.807, 2.05) is 6.92 Å². The van der Waals surface area contributed by atoms with Crippen molar-refractivity contribution in [1.29, 1.82) is 0 Å². The molecule has 1 saturated carbocycles. The minimum Gasteiger partial charge on any atom is -0.480 e. The molecule has 0 radical (unpaired) electrons. The fourth-order valence-electron chi connectivity index (χ4n) is 4.27. The Bertz CT molecular complexity index is 619. The molecular formula is C18H22Cl2O4. The maximum atomic E-state index is 13.2. The van der Waals surface area contributed by atoms with E-state index in [0.717, 1.165) is 18.4 Å². The highest BCUT2D eigenvalue weighted by Crippen LogP contribution is 2.51. The van der Waals surface area contributed by atoms with E-state index in [2.05, 4.69) is 6.08 Å². The lowest BCUT2D eigenvalue weighted by Crippen LogP contribution is -2.42. The average molecular weight is 373 g/mol. The Balaban J connectivity index is 1.88. The third-order valence-corrected chi connectivity index (χ3v) is 6.78. The fraction of sp³-hybridized carbons (Fsp3) is 0.667. The number of alkyl halides is 1. The molecule has 0 spiro atoms. The number of allylic oxidation sites excluding steroid dienone is 2. The number of hydrogen-bond acceptors (Lipinski definition) is 3. The molecule has 3 atom stereocenters. The Kier molecular flexibility index (Phi) is 5.10. The molecule has 0 aromatic rings. The molecule has 0 amide bonds. The van der Waals surface area contributed by atoms with Crippen LogP contribution in [0.2, 0.25) is 0 Å². The molecule has 1 fully saturated rings. The van der Waals surface area contributed by atoms with E-state index in [1.54, 1.807) is 0 Å². The lowest BCUT2D eigenvalue weighted by Gasteiger charge is -2.41. The first-order valence-electron chi connectivity index (χ1n) is 8.46. The van der Waals surface area contributed by atoms with Gasteiger partial charge in [0.05, 0.1) is 11.5 Å². The molecule has 3 aliphatic rings. The maximum absolute atomic E-state index is 13.2. The van der Waals surface area contributed by atoms with E-state index < -0.39 is 29.5 Å². The predicted molar refractivity (Wildman–Crippen MR) is 92.3 cm³/mol. The molecule has 0 aromatic carbocycles. The highest BCUT2D eigenvalue weighted by Gasteiger charge is 2.48. The maximum Gasteiger partial charge on any atom is 0.329 e. The summed E-state index contributed by atoms with van der Waals surface area (Å²) in [5.41, 5.74) is 1.00. The Labute approximate surface area is 151 Å². The first-order chi connectivity index (χ1) is 11.3. The van der Waals surface area contributed by atoms with Crippen LogP contribution < -0.4 is 0 Å². The second kappa shape index (κ2) is 6.81. The van der Waals surface area contributed by atoms with Crippen molar-refractivity contribution in [2.24, 2.45) is 11.3 Å². The summed E-state index contributed by atoms with van der Waals surface area (Å²) in [6.45, 7) is 1.63. The zero-order chi connectivity index (χ0) is 17.5. The normalized spacial score (nSPS) is 34.3. The van der Waals surface area contributed by atoms with Gasteiger partial charge in [0.25, 0.3) is 0 Å². The van der Waals surface area contributed by atoms with E-state index in [9.17, 15) is 9.59 Å². The summed E-state index contributed by atoms with van der Waals surface area (Å²) in [4.78, 5) is 23.9. The van der Waals surface area contributed by atoms with E-state index in [4.69, 9.17) is 33.0 Å². The Morgan fingerprint density at radius 2 is 2.08 bits per heavy atom. The Hall–Kier alpha value is -0.840. The van der Waals surface area contributed by atoms with Gasteiger partial charge in [-0.3, -0.25) is 4.79 Å². The van der Waals surface area contributed by atoms with Gasteiger partial charge in [-0.1, -0.05) is 37.4 Å². The van der Waals surface area contributed by atoms with Crippen LogP contribution in [0.1, 0.15) is 45.4 Å². The molecule has 6 heteroatoms. The number of hydrogen-bond donors (Lipinski definition) is 1. The van der Waals surface area contributed by atoms with E-state index in [-0.39, 0.29) is 5.78 Å². The van der Waals surface area contributed by atoms with Gasteiger partial charge in [0.2, 0.25) is 0 Å². The highest BCUT2D eigenvalue weighted by molar-refractivity contribution is 6.40. The predicted octanol–water partition coefficient (Wildman–Crippen LogP) is 4.06. The number of Topliss-reactive ketones (excluding diaryl/α,β-unsaturated/α-hetero) is 1. The van der Waals surface area contributed by atoms with Crippen LogP contribution in [0.15, 0.2) is 22.3 Å². The van der Waals surface area contributed by atoms with Crippen LogP contribution in [0.25, 0.3) is 0 Å². The van der Waals surface area contributed by atoms with Gasteiger partial charge in [0.15, 0.2) is 5.78 Å². The molecule has 3 aliphatic carbocycles. The lowest BCUT2D eigenvalue weighted by atomic mass is 9.63. The van der Waals surface area contributed by atoms with Crippen molar-refractivity contribution in [3.63, 3.8) is 0 Å². The number of halogens is 2. The van der Waals surface area contributed by atoms with Gasteiger partial charge >= 0.3 is 5.97 Å². The largest absolute Gasteiger partial charge is 0.480 e. The molecule has 0 saturated heterocycles. The number of carbonyl (C=O) groups excluding carboxylic acids is 1. The number of carboxylic acids is 1. The van der Waals surface area contributed by atoms with E-state index >= 15 is 0 Å². The first kappa shape index (κ1) is 18.0. The third-order valence-electron chi connectivity index (χ3n) is 5.74. The summed E-state index contributed by atoms with van der Waals surface area (Å²) in [7, 11) is 0. The van der Waals surface area contributed by atoms with Crippen molar-refractivity contribution >= 4 is 35.0 Å². The van der Waals surface area contributed by atoms with Crippen molar-refractivity contribution in [3.05, 3.63) is 22.3 Å². The van der Waals surface area contributed by atoms with Gasteiger partial charge in [-0.05, 0) is 30.8 Å². The van der Waals surface area contributed by atoms with Crippen LogP contribution in [0.4, 0.5) is 0 Å². The Morgan fingerprint density at radius 1 is 1.42 bits per heavy atom. The number of carboxylic acid groups (broad SMARTS) is 1. The van der Waals surface area contributed by atoms with Crippen molar-refractivity contribution in [3.8, 4) is 0 Å². The van der Waals surface area contributed by atoms with Crippen LogP contribution in [0.5, 0.6) is 0 Å². The zero-order valence-electron chi connectivity index (χ0n) is 13.7. The average Bonchev–Trinajstić information content (AvgIpc) is 3.08. The number of fused-ring (bicyclic) bond motifs is 1. The molecule has 132 valence electrons. The Morgan fingerprint density at radius 3 is 2.71 bits per heavy atom. The summed E-state index contributed by atoms with van der Waals surface area (Å²) in [5.74, 6) is -0.555. The van der Waals surface area contributed by atoms with Crippen LogP contribution >= 0.6 is 23.2 Å². The third kappa shape index (κ3) is 3.04. The number of ether oxygens (including phenoxy) is 1. The summed E-state index contributed by atoms with van der Waals surface area (Å²) in [5, 5.41) is 8.40. The lowest BCUT2D eigenvalue weighted by molar-refractivity contribution is -0.144. The van der Waals surface area contributed by atoms with Crippen molar-refractivity contribution < 1.29 is 19.4 Å². The summed E-state index contributed by atoms with van der Waals surface area (Å²) >= 11 is 12.8. The van der Waals surface area contributed by atoms with Gasteiger partial charge in [-0.25, -0.2) is 4.79 Å². The molecule has 3 rings (SSSR count). The molecule has 3 unspecified atom stereocenters. The number of rotatable bonds is 4. The number of aliphatic carboxylic acids is 1. The quantitative estimate of drug-likeness (QED) is 0.755. The summed E-state index contributed by atoms with van der Waals surface area (Å²) in [6, 6.07) is 0. The highest BCUT2D eigenvalue weighted by atomic mass is 35.5. The molecule has 1 N–H and O–H groups in total. The van der Waals surface area contributed by atoms with Crippen molar-refractivity contribution in [1.82, 2.24) is 0 Å². The standard InChI is InChI=1S/C18H22Cl2O4/c1-18(11-4-2-3-5-11)7-6-10-8-12(24-9-13(21)22)15(19)16(20)14(10)17(18)23/h6,11-12,15H,2-5,7-9H2,1H3,(H,21,22). The van der Waals surface area contributed by atoms with Gasteiger partial charge in [0, 0.05) is 22.4 Å². The van der Waals surface area contributed by atoms with Crippen molar-refractivity contribution in [2.45, 2.75) is 56.9 Å². The van der Waals surface area contributed by atoms with Crippen LogP contribution in [-0.4, -0.2) is 34.9 Å². The first-order valence-corrected chi connectivity index (χ1v) is 9.27. The van der Waals surface area contributed by atoms with Crippen molar-refractivity contribution in [2.75, 3.05) is 6.61 Å². The molecule has 0 aliphatic heterocycles. The minimum atomic E-state index is -1.05. The molecule has 0 aromatic heterocycles. The number of carbonyl (C=O) groups is 2. The van der Waals surface area contributed by atoms with Gasteiger partial charge in [-0.15, -0.1) is 11.6 Å². The molecular weight excluding hydrogens is 351 g/mol. The zero-order valence-corrected chi connectivity index (χ0v) is 15.2. The second-order valence-electron chi connectivity index (χ2n) is 7.23. The summed E-state index contributed by atoms with van der Waals surface area (Å²) in [6.07, 6.45) is 7.24. The summed E-state index contributed by atoms with van der Waals surface area (Å²) < 4.78 is 5.36. The van der Waals surface area contributed by atoms with Gasteiger partial charge in [-0.2, -0.15) is 0 Å². The molecule has 0 bridgehead atoms. The minimum absolute atomic E-state index is 0.0965. The van der Waals surface area contributed by atoms with Crippen LogP contribution in [0.3, 0.4) is 0 Å². The van der Waals surface area contributed by atoms with Gasteiger partial charge < -0.3 is 9.84 Å². The second-order valence-corrected chi connectivity index (χ2v) is 8.11. The fourth-order valence-corrected chi connectivity index (χ4v) is 4.89. The molecule has 24 heavy (non-hydrogen) atoms. The number of ketones is 1.